The van der Waals surface area contributed by atoms with Crippen LogP contribution in [0.3, 0.4) is 0 Å². The highest BCUT2D eigenvalue weighted by atomic mass is 19.1. The third-order valence-corrected chi connectivity index (χ3v) is 2.23. The van der Waals surface area contributed by atoms with Crippen molar-refractivity contribution in [3.8, 4) is 0 Å². The fraction of sp³-hybridized carbons (Fsp3) is 0.900. The molecule has 1 rings (SSSR count). The van der Waals surface area contributed by atoms with E-state index in [2.05, 4.69) is 0 Å². The Bertz CT molecular complexity index is 252. The molecule has 1 heterocycles. The zero-order valence-corrected chi connectivity index (χ0v) is 9.42. The summed E-state index contributed by atoms with van der Waals surface area (Å²) in [5.41, 5.74) is -1.94. The molecule has 4 nitrogen and oxygen atoms in total. The van der Waals surface area contributed by atoms with Crippen molar-refractivity contribution >= 4 is 6.09 Å². The lowest BCUT2D eigenvalue weighted by atomic mass is 10.1. The Morgan fingerprint density at radius 1 is 1.60 bits per heavy atom. The SMILES string of the molecule is CC(C)(C)OC(=O)N1CC[C@](O)(CF)C1. The monoisotopic (exact) mass is 219 g/mol. The highest BCUT2D eigenvalue weighted by Crippen LogP contribution is 2.23. The molecule has 0 radical (unpaired) electrons. The number of nitrogens with zero attached hydrogens (tertiary/aromatic N) is 1. The summed E-state index contributed by atoms with van der Waals surface area (Å²) in [7, 11) is 0. The Hall–Kier alpha value is -0.840. The summed E-state index contributed by atoms with van der Waals surface area (Å²) in [5.74, 6) is 0. The number of β-amino-alcohol motifs (C(OH)–C–C–N with tert-alkyl or cyclic N) is 1. The number of alkyl halides is 1. The number of rotatable bonds is 1. The lowest BCUT2D eigenvalue weighted by molar-refractivity contribution is 0.00650. The van der Waals surface area contributed by atoms with E-state index in [-0.39, 0.29) is 13.0 Å². The van der Waals surface area contributed by atoms with Crippen molar-refractivity contribution < 1.29 is 19.0 Å². The minimum atomic E-state index is -1.38. The third-order valence-electron chi connectivity index (χ3n) is 2.23. The molecule has 0 spiro atoms. The molecule has 1 aliphatic rings. The number of ether oxygens (including phenoxy) is 1. The molecule has 0 aromatic carbocycles. The second kappa shape index (κ2) is 3.96. The zero-order chi connectivity index (χ0) is 11.7. The average Bonchev–Trinajstić information content (AvgIpc) is 2.46. The van der Waals surface area contributed by atoms with Crippen LogP contribution in [0.15, 0.2) is 0 Å². The van der Waals surface area contributed by atoms with E-state index >= 15 is 0 Å². The van der Waals surface area contributed by atoms with Gasteiger partial charge in [-0.2, -0.15) is 0 Å². The molecular formula is C10H18FNO3. The van der Waals surface area contributed by atoms with E-state index in [0.717, 1.165) is 0 Å². The molecule has 15 heavy (non-hydrogen) atoms. The summed E-state index contributed by atoms with van der Waals surface area (Å²) in [6, 6.07) is 0. The molecule has 0 bridgehead atoms. The summed E-state index contributed by atoms with van der Waals surface area (Å²) in [5, 5.41) is 9.59. The van der Waals surface area contributed by atoms with Crippen LogP contribution in [0.1, 0.15) is 27.2 Å². The Morgan fingerprint density at radius 3 is 2.60 bits per heavy atom. The first-order valence-electron chi connectivity index (χ1n) is 5.02. The minimum Gasteiger partial charge on any atom is -0.444 e. The predicted octanol–water partition coefficient (Wildman–Crippen LogP) is 1.33. The predicted molar refractivity (Wildman–Crippen MR) is 53.3 cm³/mol. The maximum Gasteiger partial charge on any atom is 0.410 e. The van der Waals surface area contributed by atoms with Gasteiger partial charge in [0.1, 0.15) is 17.9 Å². The lowest BCUT2D eigenvalue weighted by Gasteiger charge is -2.25. The summed E-state index contributed by atoms with van der Waals surface area (Å²) < 4.78 is 17.5. The van der Waals surface area contributed by atoms with E-state index < -0.39 is 24.0 Å². The van der Waals surface area contributed by atoms with Crippen molar-refractivity contribution in [1.29, 1.82) is 0 Å². The van der Waals surface area contributed by atoms with E-state index in [0.29, 0.717) is 6.54 Å². The molecule has 1 atom stereocenters. The molecule has 0 saturated carbocycles. The highest BCUT2D eigenvalue weighted by Gasteiger charge is 2.39. The molecule has 1 N–H and O–H groups in total. The first-order valence-corrected chi connectivity index (χ1v) is 5.02. The van der Waals surface area contributed by atoms with E-state index in [4.69, 9.17) is 4.74 Å². The lowest BCUT2D eigenvalue weighted by Crippen LogP contribution is -2.40. The van der Waals surface area contributed by atoms with Crippen molar-refractivity contribution in [3.05, 3.63) is 0 Å². The van der Waals surface area contributed by atoms with Gasteiger partial charge in [0.15, 0.2) is 0 Å². The van der Waals surface area contributed by atoms with Gasteiger partial charge in [-0.25, -0.2) is 9.18 Å². The number of halogens is 1. The summed E-state index contributed by atoms with van der Waals surface area (Å²) >= 11 is 0. The van der Waals surface area contributed by atoms with Crippen LogP contribution in [0.2, 0.25) is 0 Å². The minimum absolute atomic E-state index is 0.0123. The standard InChI is InChI=1S/C10H18FNO3/c1-9(2,3)15-8(13)12-5-4-10(14,6-11)7-12/h14H,4-7H2,1-3H3/t10-/m0/s1. The van der Waals surface area contributed by atoms with Crippen LogP contribution in [0.4, 0.5) is 9.18 Å². The number of carbonyl (C=O) groups excluding carboxylic acids is 1. The quantitative estimate of drug-likeness (QED) is 0.723. The van der Waals surface area contributed by atoms with Crippen LogP contribution in [-0.4, -0.2) is 47.1 Å². The molecule has 0 aromatic rings. The van der Waals surface area contributed by atoms with E-state index in [1.54, 1.807) is 20.8 Å². The third kappa shape index (κ3) is 3.34. The van der Waals surface area contributed by atoms with Gasteiger partial charge in [-0.3, -0.25) is 0 Å². The molecule has 1 saturated heterocycles. The Morgan fingerprint density at radius 2 is 2.20 bits per heavy atom. The Balaban J connectivity index is 2.51. The molecule has 0 aliphatic carbocycles. The topological polar surface area (TPSA) is 49.8 Å². The number of carbonyl (C=O) groups is 1. The van der Waals surface area contributed by atoms with Gasteiger partial charge < -0.3 is 14.7 Å². The molecule has 0 unspecified atom stereocenters. The smallest absolute Gasteiger partial charge is 0.410 e. The van der Waals surface area contributed by atoms with E-state index in [9.17, 15) is 14.3 Å². The number of aliphatic hydroxyl groups is 1. The van der Waals surface area contributed by atoms with Gasteiger partial charge in [0.25, 0.3) is 0 Å². The summed E-state index contributed by atoms with van der Waals surface area (Å²) in [6.45, 7) is 4.83. The first-order chi connectivity index (χ1) is 6.76. The molecule has 1 aliphatic heterocycles. The van der Waals surface area contributed by atoms with Crippen LogP contribution in [0, 0.1) is 0 Å². The number of hydrogen-bond acceptors (Lipinski definition) is 3. The normalized spacial score (nSPS) is 26.9. The molecule has 0 aromatic heterocycles. The van der Waals surface area contributed by atoms with Gasteiger partial charge in [-0.1, -0.05) is 0 Å². The van der Waals surface area contributed by atoms with Crippen LogP contribution in [0.5, 0.6) is 0 Å². The molecule has 5 heteroatoms. The second-order valence-electron chi connectivity index (χ2n) is 5.01. The van der Waals surface area contributed by atoms with Crippen molar-refractivity contribution in [2.24, 2.45) is 0 Å². The number of likely N-dealkylation sites (tertiary alicyclic amines) is 1. The van der Waals surface area contributed by atoms with Gasteiger partial charge >= 0.3 is 6.09 Å². The number of hydrogen-bond donors (Lipinski definition) is 1. The fourth-order valence-corrected chi connectivity index (χ4v) is 1.45. The van der Waals surface area contributed by atoms with Crippen LogP contribution in [0.25, 0.3) is 0 Å². The van der Waals surface area contributed by atoms with Crippen LogP contribution >= 0.6 is 0 Å². The van der Waals surface area contributed by atoms with Crippen molar-refractivity contribution in [3.63, 3.8) is 0 Å². The average molecular weight is 219 g/mol. The first kappa shape index (κ1) is 12.2. The van der Waals surface area contributed by atoms with Gasteiger partial charge in [0, 0.05) is 6.54 Å². The molecule has 1 amide bonds. The maximum atomic E-state index is 12.4. The Kier molecular flexibility index (Phi) is 3.23. The van der Waals surface area contributed by atoms with Crippen LogP contribution in [-0.2, 0) is 4.74 Å². The largest absolute Gasteiger partial charge is 0.444 e. The van der Waals surface area contributed by atoms with E-state index in [1.807, 2.05) is 0 Å². The maximum absolute atomic E-state index is 12.4. The highest BCUT2D eigenvalue weighted by molar-refractivity contribution is 5.68. The van der Waals surface area contributed by atoms with Gasteiger partial charge in [-0.05, 0) is 27.2 Å². The number of amides is 1. The summed E-state index contributed by atoms with van der Waals surface area (Å²) in [4.78, 5) is 12.9. The van der Waals surface area contributed by atoms with E-state index in [1.165, 1.54) is 4.90 Å². The summed E-state index contributed by atoms with van der Waals surface area (Å²) in [6.07, 6.45) is -0.227. The fourth-order valence-electron chi connectivity index (χ4n) is 1.45. The molecule has 1 fully saturated rings. The zero-order valence-electron chi connectivity index (χ0n) is 9.42. The van der Waals surface area contributed by atoms with Gasteiger partial charge in [-0.15, -0.1) is 0 Å². The Labute approximate surface area is 89.0 Å². The van der Waals surface area contributed by atoms with Gasteiger partial charge in [0.2, 0.25) is 0 Å². The van der Waals surface area contributed by atoms with Crippen LogP contribution < -0.4 is 0 Å². The van der Waals surface area contributed by atoms with Crippen molar-refractivity contribution in [2.75, 3.05) is 19.8 Å². The van der Waals surface area contributed by atoms with Crippen molar-refractivity contribution in [1.82, 2.24) is 4.90 Å². The second-order valence-corrected chi connectivity index (χ2v) is 5.01. The van der Waals surface area contributed by atoms with Gasteiger partial charge in [0.05, 0.1) is 6.54 Å². The molecule has 88 valence electrons. The molecular weight excluding hydrogens is 201 g/mol. The van der Waals surface area contributed by atoms with Crippen molar-refractivity contribution in [2.45, 2.75) is 38.4 Å².